The van der Waals surface area contributed by atoms with Gasteiger partial charge in [-0.2, -0.15) is 0 Å². The molecule has 0 aromatic heterocycles. The highest BCUT2D eigenvalue weighted by Gasteiger charge is 2.21. The minimum absolute atomic E-state index is 0.156. The van der Waals surface area contributed by atoms with Crippen molar-refractivity contribution in [1.29, 1.82) is 0 Å². The Kier molecular flexibility index (Phi) is 5.17. The zero-order valence-electron chi connectivity index (χ0n) is 14.2. The minimum Gasteiger partial charge on any atom is -0.366 e. The molecule has 4 N–H and O–H groups in total. The van der Waals surface area contributed by atoms with Crippen LogP contribution in [0.2, 0.25) is 0 Å². The lowest BCUT2D eigenvalue weighted by atomic mass is 10.1. The number of nitrogens with two attached hydrogens (primary N) is 1. The third-order valence-electron chi connectivity index (χ3n) is 4.19. The van der Waals surface area contributed by atoms with Crippen molar-refractivity contribution in [3.05, 3.63) is 65.2 Å². The third kappa shape index (κ3) is 4.00. The second kappa shape index (κ2) is 7.69. The summed E-state index contributed by atoms with van der Waals surface area (Å²) < 4.78 is 0. The molecule has 1 saturated heterocycles. The van der Waals surface area contributed by atoms with E-state index in [0.717, 1.165) is 5.56 Å². The summed E-state index contributed by atoms with van der Waals surface area (Å²) in [6, 6.07) is 13.8. The van der Waals surface area contributed by atoms with E-state index in [1.165, 1.54) is 0 Å². The first-order chi connectivity index (χ1) is 12.5. The van der Waals surface area contributed by atoms with Crippen molar-refractivity contribution in [2.75, 3.05) is 24.5 Å². The number of benzene rings is 2. The highest BCUT2D eigenvalue weighted by molar-refractivity contribution is 5.98. The number of carbonyl (C=O) groups excluding carboxylic acids is 3. The highest BCUT2D eigenvalue weighted by atomic mass is 16.2. The smallest absolute Gasteiger partial charge is 0.321 e. The number of anilines is 1. The van der Waals surface area contributed by atoms with E-state index in [2.05, 4.69) is 10.6 Å². The fraction of sp³-hybridized carbons (Fsp3) is 0.211. The molecule has 0 aliphatic carbocycles. The summed E-state index contributed by atoms with van der Waals surface area (Å²) in [6.07, 6.45) is 0.584. The summed E-state index contributed by atoms with van der Waals surface area (Å²) in [7, 11) is 0. The molecule has 1 fully saturated rings. The number of nitrogens with one attached hydrogen (secondary N) is 2. The van der Waals surface area contributed by atoms with Crippen molar-refractivity contribution in [2.45, 2.75) is 6.42 Å². The van der Waals surface area contributed by atoms with Crippen LogP contribution in [0.3, 0.4) is 0 Å². The fourth-order valence-electron chi connectivity index (χ4n) is 2.84. The first-order valence-corrected chi connectivity index (χ1v) is 8.37. The number of rotatable bonds is 6. The van der Waals surface area contributed by atoms with E-state index in [1.54, 1.807) is 47.4 Å². The number of primary amides is 1. The summed E-state index contributed by atoms with van der Waals surface area (Å²) in [5.74, 6) is -0.684. The van der Waals surface area contributed by atoms with Gasteiger partial charge in [0.05, 0.1) is 0 Å². The minimum atomic E-state index is -0.473. The Hall–Kier alpha value is -3.35. The number of hydrogen-bond acceptors (Lipinski definition) is 3. The van der Waals surface area contributed by atoms with Gasteiger partial charge >= 0.3 is 6.03 Å². The summed E-state index contributed by atoms with van der Waals surface area (Å²) >= 11 is 0. The Morgan fingerprint density at radius 3 is 2.62 bits per heavy atom. The van der Waals surface area contributed by atoms with Gasteiger partial charge in [-0.25, -0.2) is 4.79 Å². The molecule has 2 aromatic carbocycles. The maximum atomic E-state index is 12.4. The van der Waals surface area contributed by atoms with E-state index >= 15 is 0 Å². The first-order valence-electron chi connectivity index (χ1n) is 8.37. The van der Waals surface area contributed by atoms with Crippen LogP contribution in [0.25, 0.3) is 0 Å². The van der Waals surface area contributed by atoms with Gasteiger partial charge in [-0.1, -0.05) is 18.2 Å². The van der Waals surface area contributed by atoms with Gasteiger partial charge < -0.3 is 16.4 Å². The topological polar surface area (TPSA) is 105 Å². The monoisotopic (exact) mass is 352 g/mol. The van der Waals surface area contributed by atoms with Crippen molar-refractivity contribution in [3.8, 4) is 0 Å². The number of hydrogen-bond donors (Lipinski definition) is 3. The largest absolute Gasteiger partial charge is 0.366 e. The lowest BCUT2D eigenvalue weighted by Crippen LogP contribution is -2.29. The van der Waals surface area contributed by atoms with E-state index in [-0.39, 0.29) is 11.9 Å². The highest BCUT2D eigenvalue weighted by Crippen LogP contribution is 2.18. The molecule has 3 rings (SSSR count). The normalized spacial score (nSPS) is 13.4. The predicted molar refractivity (Wildman–Crippen MR) is 98.2 cm³/mol. The van der Waals surface area contributed by atoms with Crippen LogP contribution in [0.1, 0.15) is 26.3 Å². The SMILES string of the molecule is NC(=O)c1cccc(CCNC(=O)c2cccc(N3CCNC3=O)c2)c1. The zero-order chi connectivity index (χ0) is 18.5. The lowest BCUT2D eigenvalue weighted by molar-refractivity contribution is 0.0952. The van der Waals surface area contributed by atoms with Crippen LogP contribution in [0.5, 0.6) is 0 Å². The van der Waals surface area contributed by atoms with Crippen LogP contribution in [0, 0.1) is 0 Å². The molecule has 4 amide bonds. The van der Waals surface area contributed by atoms with Gasteiger partial charge in [0, 0.05) is 36.4 Å². The molecular formula is C19H20N4O3. The third-order valence-corrected chi connectivity index (χ3v) is 4.19. The molecule has 1 aliphatic rings. The van der Waals surface area contributed by atoms with Crippen molar-refractivity contribution in [2.24, 2.45) is 5.73 Å². The van der Waals surface area contributed by atoms with Gasteiger partial charge in [-0.05, 0) is 42.3 Å². The molecule has 0 spiro atoms. The van der Waals surface area contributed by atoms with Crippen LogP contribution in [0.4, 0.5) is 10.5 Å². The maximum Gasteiger partial charge on any atom is 0.321 e. The van der Waals surface area contributed by atoms with E-state index in [4.69, 9.17) is 5.73 Å². The number of amides is 4. The van der Waals surface area contributed by atoms with Crippen LogP contribution in [0.15, 0.2) is 48.5 Å². The molecular weight excluding hydrogens is 332 g/mol. The molecule has 0 saturated carbocycles. The van der Waals surface area contributed by atoms with E-state index < -0.39 is 5.91 Å². The molecule has 2 aromatic rings. The van der Waals surface area contributed by atoms with E-state index in [0.29, 0.717) is 42.9 Å². The average Bonchev–Trinajstić information content (AvgIpc) is 3.08. The molecule has 7 nitrogen and oxygen atoms in total. The maximum absolute atomic E-state index is 12.4. The van der Waals surface area contributed by atoms with Gasteiger partial charge in [0.15, 0.2) is 0 Å². The van der Waals surface area contributed by atoms with Crippen molar-refractivity contribution in [1.82, 2.24) is 10.6 Å². The second-order valence-electron chi connectivity index (χ2n) is 6.00. The summed E-state index contributed by atoms with van der Waals surface area (Å²) in [5.41, 5.74) is 7.83. The average molecular weight is 352 g/mol. The molecule has 0 bridgehead atoms. The molecule has 0 atom stereocenters. The molecule has 7 heteroatoms. The molecule has 134 valence electrons. The Balaban J connectivity index is 1.59. The summed E-state index contributed by atoms with van der Waals surface area (Å²) in [6.45, 7) is 1.61. The summed E-state index contributed by atoms with van der Waals surface area (Å²) in [4.78, 5) is 36.9. The molecule has 26 heavy (non-hydrogen) atoms. The first kappa shape index (κ1) is 17.5. The summed E-state index contributed by atoms with van der Waals surface area (Å²) in [5, 5.41) is 5.59. The van der Waals surface area contributed by atoms with Crippen molar-refractivity contribution < 1.29 is 14.4 Å². The van der Waals surface area contributed by atoms with Gasteiger partial charge in [-0.15, -0.1) is 0 Å². The molecule has 0 radical (unpaired) electrons. The van der Waals surface area contributed by atoms with E-state index in [1.807, 2.05) is 6.07 Å². The standard InChI is InChI=1S/C19H20N4O3/c20-17(24)14-4-1-3-13(11-14)7-8-21-18(25)15-5-2-6-16(12-15)23-10-9-22-19(23)26/h1-6,11-12H,7-10H2,(H2,20,24)(H,21,25)(H,22,26). The zero-order valence-corrected chi connectivity index (χ0v) is 14.2. The number of carbonyl (C=O) groups is 3. The Labute approximate surface area is 151 Å². The van der Waals surface area contributed by atoms with Crippen molar-refractivity contribution in [3.63, 3.8) is 0 Å². The van der Waals surface area contributed by atoms with Gasteiger partial charge in [0.25, 0.3) is 5.91 Å². The molecule has 1 heterocycles. The number of nitrogens with zero attached hydrogens (tertiary/aromatic N) is 1. The Bertz CT molecular complexity index is 850. The van der Waals surface area contributed by atoms with Gasteiger partial charge in [0.2, 0.25) is 5.91 Å². The Morgan fingerprint density at radius 2 is 1.88 bits per heavy atom. The molecule has 0 unspecified atom stereocenters. The van der Waals surface area contributed by atoms with Crippen molar-refractivity contribution >= 4 is 23.5 Å². The van der Waals surface area contributed by atoms with Crippen LogP contribution < -0.4 is 21.3 Å². The lowest BCUT2D eigenvalue weighted by Gasteiger charge is -2.15. The second-order valence-corrected chi connectivity index (χ2v) is 6.00. The predicted octanol–water partition coefficient (Wildman–Crippen LogP) is 1.29. The molecule has 1 aliphatic heterocycles. The van der Waals surface area contributed by atoms with Crippen LogP contribution in [-0.4, -0.2) is 37.5 Å². The van der Waals surface area contributed by atoms with Gasteiger partial charge in [0.1, 0.15) is 0 Å². The van der Waals surface area contributed by atoms with Gasteiger partial charge in [-0.3, -0.25) is 14.5 Å². The number of urea groups is 1. The fourth-order valence-corrected chi connectivity index (χ4v) is 2.84. The van der Waals surface area contributed by atoms with Crippen LogP contribution in [-0.2, 0) is 6.42 Å². The van der Waals surface area contributed by atoms with Crippen LogP contribution >= 0.6 is 0 Å². The quantitative estimate of drug-likeness (QED) is 0.729. The van der Waals surface area contributed by atoms with E-state index in [9.17, 15) is 14.4 Å². The Morgan fingerprint density at radius 1 is 1.12 bits per heavy atom.